The normalized spacial score (nSPS) is 29.0. The predicted molar refractivity (Wildman–Crippen MR) is 192 cm³/mol. The minimum atomic E-state index is -3.88. The van der Waals surface area contributed by atoms with E-state index in [1.807, 2.05) is 37.3 Å². The van der Waals surface area contributed by atoms with Crippen molar-refractivity contribution in [1.29, 1.82) is 0 Å². The molecule has 5 atom stereocenters. The van der Waals surface area contributed by atoms with Gasteiger partial charge in [-0.3, -0.25) is 24.0 Å². The highest BCUT2D eigenvalue weighted by molar-refractivity contribution is 7.91. The standard InChI is InChI=1S/C37H51N5O10S/c1-5-24-19-37(24,33(45)40-53(48,49)26-14-15-26)39-31(43)28-18-25-21-42(28)32(44)30(36(2,3)4)38-34(46)51-17-10-8-6-7-9-16-50-29-13-11-12-23-20-41(22-27(23)29)35(47)52-25/h6-7,11-13,24-26,28,30H,5,8-10,14-22H2,1-4H3,(H,38,46)(H,39,43)(H,40,45)/b7-6+/t24-,25+,28?,30+,37-/m0/s1. The number of cyclic esters (lactones) is 1. The van der Waals surface area contributed by atoms with E-state index in [4.69, 9.17) is 14.2 Å². The van der Waals surface area contributed by atoms with E-state index in [1.54, 1.807) is 20.8 Å². The number of carbonyl (C=O) groups excluding carboxylic acids is 5. The molecule has 2 saturated carbocycles. The van der Waals surface area contributed by atoms with Gasteiger partial charge in [-0.15, -0.1) is 0 Å². The average molecular weight is 758 g/mol. The first-order chi connectivity index (χ1) is 25.1. The number of nitrogens with zero attached hydrogens (tertiary/aromatic N) is 2. The Morgan fingerprint density at radius 2 is 1.79 bits per heavy atom. The maximum Gasteiger partial charge on any atom is 0.410 e. The fourth-order valence-electron chi connectivity index (χ4n) is 7.36. The summed E-state index contributed by atoms with van der Waals surface area (Å²) in [5, 5.41) is 4.87. The number of alkyl carbamates (subject to hydrolysis) is 1. The van der Waals surface area contributed by atoms with Gasteiger partial charge in [0, 0.05) is 18.5 Å². The monoisotopic (exact) mass is 757 g/mol. The number of amides is 5. The summed E-state index contributed by atoms with van der Waals surface area (Å²) >= 11 is 0. The summed E-state index contributed by atoms with van der Waals surface area (Å²) in [5.74, 6) is -1.71. The van der Waals surface area contributed by atoms with E-state index in [-0.39, 0.29) is 38.5 Å². The van der Waals surface area contributed by atoms with Gasteiger partial charge in [0.2, 0.25) is 21.8 Å². The zero-order valence-corrected chi connectivity index (χ0v) is 31.7. The van der Waals surface area contributed by atoms with Crippen LogP contribution >= 0.6 is 0 Å². The number of allylic oxidation sites excluding steroid dienone is 1. The second-order valence-electron chi connectivity index (χ2n) is 15.8. The molecular formula is C37H51N5O10S. The molecule has 15 nitrogen and oxygen atoms in total. The lowest BCUT2D eigenvalue weighted by atomic mass is 9.85. The highest BCUT2D eigenvalue weighted by atomic mass is 32.2. The summed E-state index contributed by atoms with van der Waals surface area (Å²) in [6, 6.07) is 3.34. The molecule has 3 fully saturated rings. The third-order valence-corrected chi connectivity index (χ3v) is 12.5. The maximum atomic E-state index is 14.4. The Morgan fingerprint density at radius 3 is 2.49 bits per heavy atom. The van der Waals surface area contributed by atoms with Crippen LogP contribution in [-0.4, -0.2) is 96.9 Å². The lowest BCUT2D eigenvalue weighted by molar-refractivity contribution is -0.143. The van der Waals surface area contributed by atoms with Crippen LogP contribution in [0.2, 0.25) is 0 Å². The number of sulfonamides is 1. The van der Waals surface area contributed by atoms with Crippen LogP contribution < -0.4 is 20.1 Å². The van der Waals surface area contributed by atoms with E-state index in [1.165, 1.54) is 9.80 Å². The van der Waals surface area contributed by atoms with Crippen LogP contribution in [-0.2, 0) is 47.0 Å². The second-order valence-corrected chi connectivity index (χ2v) is 17.7. The van der Waals surface area contributed by atoms with E-state index in [2.05, 4.69) is 15.4 Å². The molecule has 2 aliphatic carbocycles. The van der Waals surface area contributed by atoms with Crippen LogP contribution in [0, 0.1) is 11.3 Å². The molecule has 3 aliphatic heterocycles. The Morgan fingerprint density at radius 1 is 1.04 bits per heavy atom. The Kier molecular flexibility index (Phi) is 11.0. The van der Waals surface area contributed by atoms with Gasteiger partial charge in [-0.25, -0.2) is 18.0 Å². The first-order valence-corrected chi connectivity index (χ1v) is 20.1. The lowest BCUT2D eigenvalue weighted by Crippen LogP contribution is -2.60. The number of carbonyl (C=O) groups is 5. The average Bonchev–Trinajstić information content (AvgIpc) is 3.99. The maximum absolute atomic E-state index is 14.4. The minimum Gasteiger partial charge on any atom is -0.493 e. The Labute approximate surface area is 310 Å². The molecule has 5 aliphatic rings. The number of ether oxygens (including phenoxy) is 3. The molecule has 1 saturated heterocycles. The third-order valence-electron chi connectivity index (χ3n) is 10.7. The summed E-state index contributed by atoms with van der Waals surface area (Å²) in [6.07, 6.45) is 5.16. The minimum absolute atomic E-state index is 0.0817. The van der Waals surface area contributed by atoms with Gasteiger partial charge in [-0.05, 0) is 61.5 Å². The summed E-state index contributed by atoms with van der Waals surface area (Å²) in [4.78, 5) is 71.5. The molecule has 4 bridgehead atoms. The molecule has 5 amide bonds. The second kappa shape index (κ2) is 15.2. The van der Waals surface area contributed by atoms with Gasteiger partial charge in [0.05, 0.1) is 31.6 Å². The topological polar surface area (TPSA) is 190 Å². The van der Waals surface area contributed by atoms with Gasteiger partial charge in [0.1, 0.15) is 29.5 Å². The van der Waals surface area contributed by atoms with Crippen LogP contribution in [0.25, 0.3) is 0 Å². The molecule has 1 aromatic rings. The lowest BCUT2D eigenvalue weighted by Gasteiger charge is -2.35. The highest BCUT2D eigenvalue weighted by Crippen LogP contribution is 2.47. The number of fused-ring (bicyclic) bond motifs is 3. The molecule has 6 rings (SSSR count). The van der Waals surface area contributed by atoms with Gasteiger partial charge in [-0.1, -0.05) is 58.4 Å². The molecule has 3 N–H and O–H groups in total. The van der Waals surface area contributed by atoms with Crippen LogP contribution in [0.4, 0.5) is 9.59 Å². The van der Waals surface area contributed by atoms with Crippen molar-refractivity contribution in [1.82, 2.24) is 25.2 Å². The quantitative estimate of drug-likeness (QED) is 0.364. The van der Waals surface area contributed by atoms with E-state index in [0.29, 0.717) is 57.4 Å². The van der Waals surface area contributed by atoms with Gasteiger partial charge in [0.15, 0.2) is 0 Å². The van der Waals surface area contributed by atoms with Gasteiger partial charge in [0.25, 0.3) is 5.91 Å². The Balaban J connectivity index is 1.26. The highest BCUT2D eigenvalue weighted by Gasteiger charge is 2.62. The summed E-state index contributed by atoms with van der Waals surface area (Å²) in [6.45, 7) is 8.12. The number of hydrogen-bond donors (Lipinski definition) is 3. The van der Waals surface area contributed by atoms with Crippen molar-refractivity contribution < 1.29 is 46.6 Å². The molecule has 290 valence electrons. The molecule has 1 unspecified atom stereocenters. The van der Waals surface area contributed by atoms with Gasteiger partial charge < -0.3 is 29.7 Å². The number of rotatable bonds is 6. The van der Waals surface area contributed by atoms with E-state index in [0.717, 1.165) is 11.1 Å². The zero-order valence-electron chi connectivity index (χ0n) is 30.9. The fraction of sp³-hybridized carbons (Fsp3) is 0.649. The fourth-order valence-corrected chi connectivity index (χ4v) is 8.72. The number of nitrogens with one attached hydrogen (secondary N) is 3. The van der Waals surface area contributed by atoms with Gasteiger partial charge in [-0.2, -0.15) is 0 Å². The SMILES string of the molecule is CC[C@H]1C[C@@]1(NC(=O)C1C[C@@H]2CN1C(=O)[C@H](C(C)(C)C)NC(=O)OCCC/C=C/CCOc1cccc3c1CN(C3)C(=O)O2)C(=O)NS(=O)(=O)C1CC1. The summed E-state index contributed by atoms with van der Waals surface area (Å²) in [5.41, 5.74) is -0.481. The van der Waals surface area contributed by atoms with Crippen molar-refractivity contribution in [3.05, 3.63) is 41.5 Å². The molecule has 0 spiro atoms. The van der Waals surface area contributed by atoms with Crippen LogP contribution in [0.15, 0.2) is 30.4 Å². The molecule has 53 heavy (non-hydrogen) atoms. The van der Waals surface area contributed by atoms with E-state index < -0.39 is 74.3 Å². The smallest absolute Gasteiger partial charge is 0.410 e. The molecule has 16 heteroatoms. The van der Waals surface area contributed by atoms with Crippen molar-refractivity contribution in [2.75, 3.05) is 19.8 Å². The van der Waals surface area contributed by atoms with Crippen molar-refractivity contribution in [3.63, 3.8) is 0 Å². The first kappa shape index (κ1) is 38.4. The Hall–Kier alpha value is -4.34. The molecule has 1 aromatic carbocycles. The van der Waals surface area contributed by atoms with E-state index in [9.17, 15) is 32.4 Å². The van der Waals surface area contributed by atoms with Crippen molar-refractivity contribution in [2.45, 2.75) is 121 Å². The number of hydrogen-bond acceptors (Lipinski definition) is 10. The van der Waals surface area contributed by atoms with Crippen LogP contribution in [0.1, 0.15) is 90.2 Å². The Bertz CT molecular complexity index is 1760. The van der Waals surface area contributed by atoms with Crippen LogP contribution in [0.3, 0.4) is 0 Å². The zero-order chi connectivity index (χ0) is 38.1. The van der Waals surface area contributed by atoms with Crippen molar-refractivity contribution in [3.8, 4) is 5.75 Å². The first-order valence-electron chi connectivity index (χ1n) is 18.6. The third kappa shape index (κ3) is 8.57. The van der Waals surface area contributed by atoms with Crippen molar-refractivity contribution >= 4 is 39.9 Å². The molecule has 0 aromatic heterocycles. The van der Waals surface area contributed by atoms with E-state index >= 15 is 0 Å². The van der Waals surface area contributed by atoms with Crippen LogP contribution in [0.5, 0.6) is 5.75 Å². The number of benzene rings is 1. The summed E-state index contributed by atoms with van der Waals surface area (Å²) in [7, 11) is -3.88. The predicted octanol–water partition coefficient (Wildman–Crippen LogP) is 3.26. The largest absolute Gasteiger partial charge is 0.493 e. The molecule has 3 heterocycles. The molecular weight excluding hydrogens is 706 g/mol. The van der Waals surface area contributed by atoms with Gasteiger partial charge >= 0.3 is 12.2 Å². The summed E-state index contributed by atoms with van der Waals surface area (Å²) < 4.78 is 45.0. The van der Waals surface area contributed by atoms with Crippen molar-refractivity contribution in [2.24, 2.45) is 11.3 Å². The molecule has 0 radical (unpaired) electrons.